The Balaban J connectivity index is 1.65. The van der Waals surface area contributed by atoms with Crippen molar-refractivity contribution in [3.63, 3.8) is 0 Å². The van der Waals surface area contributed by atoms with Crippen LogP contribution in [0.3, 0.4) is 0 Å². The van der Waals surface area contributed by atoms with Crippen LogP contribution < -0.4 is 5.32 Å². The van der Waals surface area contributed by atoms with E-state index in [4.69, 9.17) is 0 Å². The summed E-state index contributed by atoms with van der Waals surface area (Å²) in [5, 5.41) is 15.9. The molecule has 0 fully saturated rings. The van der Waals surface area contributed by atoms with E-state index in [9.17, 15) is 4.39 Å². The summed E-state index contributed by atoms with van der Waals surface area (Å²) < 4.78 is 15.9. The summed E-state index contributed by atoms with van der Waals surface area (Å²) in [4.78, 5) is 1.94. The molecule has 26 heavy (non-hydrogen) atoms. The van der Waals surface area contributed by atoms with Gasteiger partial charge in [-0.25, -0.2) is 9.07 Å². The van der Waals surface area contributed by atoms with Crippen LogP contribution in [0.4, 0.5) is 10.2 Å². The van der Waals surface area contributed by atoms with Gasteiger partial charge in [0.1, 0.15) is 11.6 Å². The molecule has 6 nitrogen and oxygen atoms in total. The minimum Gasteiger partial charge on any atom is -0.365 e. The van der Waals surface area contributed by atoms with Crippen LogP contribution in [-0.4, -0.2) is 39.0 Å². The van der Waals surface area contributed by atoms with Crippen LogP contribution in [0.15, 0.2) is 36.4 Å². The van der Waals surface area contributed by atoms with E-state index in [1.165, 1.54) is 0 Å². The minimum absolute atomic E-state index is 0.191. The third-order valence-corrected chi connectivity index (χ3v) is 3.95. The van der Waals surface area contributed by atoms with Gasteiger partial charge in [-0.05, 0) is 57.8 Å². The number of rotatable bonds is 6. The van der Waals surface area contributed by atoms with Crippen LogP contribution in [0.5, 0.6) is 0 Å². The largest absolute Gasteiger partial charge is 0.365 e. The van der Waals surface area contributed by atoms with Crippen LogP contribution in [0, 0.1) is 19.7 Å². The van der Waals surface area contributed by atoms with Crippen LogP contribution in [0.25, 0.3) is 5.82 Å². The third kappa shape index (κ3) is 4.23. The second kappa shape index (κ2) is 7.61. The fourth-order valence-corrected chi connectivity index (χ4v) is 2.76. The molecule has 0 aliphatic heterocycles. The Morgan fingerprint density at radius 3 is 2.46 bits per heavy atom. The molecular weight excluding hydrogens is 331 g/mol. The second-order valence-electron chi connectivity index (χ2n) is 6.63. The highest BCUT2D eigenvalue weighted by atomic mass is 19.1. The number of aryl methyl sites for hydroxylation is 2. The van der Waals surface area contributed by atoms with E-state index in [1.54, 1.807) is 10.7 Å². The molecule has 0 amide bonds. The van der Waals surface area contributed by atoms with Gasteiger partial charge in [-0.1, -0.05) is 12.1 Å². The number of aromatic nitrogens is 4. The molecule has 0 saturated carbocycles. The lowest BCUT2D eigenvalue weighted by molar-refractivity contribution is 0.392. The SMILES string of the molecule is Cc1cc(C)n(-c2ccc(NCc3ccc(CN(C)C)c(F)c3)nn2)n1. The molecule has 136 valence electrons. The van der Waals surface area contributed by atoms with Gasteiger partial charge >= 0.3 is 0 Å². The maximum atomic E-state index is 14.1. The molecule has 0 radical (unpaired) electrons. The first-order valence-electron chi connectivity index (χ1n) is 8.45. The molecule has 1 N–H and O–H groups in total. The molecule has 3 aromatic rings. The highest BCUT2D eigenvalue weighted by molar-refractivity contribution is 5.38. The van der Waals surface area contributed by atoms with Crippen molar-refractivity contribution in [1.29, 1.82) is 0 Å². The van der Waals surface area contributed by atoms with E-state index >= 15 is 0 Å². The summed E-state index contributed by atoms with van der Waals surface area (Å²) >= 11 is 0. The Hall–Kier alpha value is -2.80. The maximum Gasteiger partial charge on any atom is 0.176 e. The van der Waals surface area contributed by atoms with Crippen molar-refractivity contribution in [2.75, 3.05) is 19.4 Å². The highest BCUT2D eigenvalue weighted by Gasteiger charge is 2.07. The number of hydrogen-bond acceptors (Lipinski definition) is 5. The van der Waals surface area contributed by atoms with Crippen molar-refractivity contribution in [3.05, 3.63) is 64.7 Å². The average molecular weight is 354 g/mol. The molecule has 1 aromatic carbocycles. The number of benzene rings is 1. The number of nitrogens with one attached hydrogen (secondary N) is 1. The van der Waals surface area contributed by atoms with Crippen molar-refractivity contribution in [1.82, 2.24) is 24.9 Å². The molecule has 0 aliphatic carbocycles. The molecule has 0 saturated heterocycles. The Bertz CT molecular complexity index is 886. The summed E-state index contributed by atoms with van der Waals surface area (Å²) in [6.07, 6.45) is 0. The lowest BCUT2D eigenvalue weighted by Crippen LogP contribution is -2.12. The quantitative estimate of drug-likeness (QED) is 0.737. The second-order valence-corrected chi connectivity index (χ2v) is 6.63. The first-order valence-corrected chi connectivity index (χ1v) is 8.45. The van der Waals surface area contributed by atoms with Gasteiger partial charge in [-0.2, -0.15) is 5.10 Å². The number of nitrogens with zero attached hydrogens (tertiary/aromatic N) is 5. The highest BCUT2D eigenvalue weighted by Crippen LogP contribution is 2.14. The Morgan fingerprint density at radius 1 is 1.08 bits per heavy atom. The van der Waals surface area contributed by atoms with E-state index in [-0.39, 0.29) is 5.82 Å². The lowest BCUT2D eigenvalue weighted by Gasteiger charge is -2.12. The summed E-state index contributed by atoms with van der Waals surface area (Å²) in [7, 11) is 3.84. The fraction of sp³-hybridized carbons (Fsp3) is 0.316. The van der Waals surface area contributed by atoms with Crippen molar-refractivity contribution in [3.8, 4) is 5.82 Å². The van der Waals surface area contributed by atoms with E-state index < -0.39 is 0 Å². The Labute approximate surface area is 152 Å². The zero-order chi connectivity index (χ0) is 18.7. The summed E-state index contributed by atoms with van der Waals surface area (Å²) in [6, 6.07) is 11.0. The van der Waals surface area contributed by atoms with Gasteiger partial charge < -0.3 is 10.2 Å². The molecule has 0 spiro atoms. The van der Waals surface area contributed by atoms with E-state index in [0.29, 0.717) is 30.3 Å². The topological polar surface area (TPSA) is 58.9 Å². The predicted molar refractivity (Wildman–Crippen MR) is 99.7 cm³/mol. The lowest BCUT2D eigenvalue weighted by atomic mass is 10.1. The molecule has 0 unspecified atom stereocenters. The number of anilines is 1. The van der Waals surface area contributed by atoms with E-state index in [2.05, 4.69) is 20.6 Å². The molecule has 2 heterocycles. The molecule has 0 atom stereocenters. The van der Waals surface area contributed by atoms with Gasteiger partial charge in [0.2, 0.25) is 0 Å². The average Bonchev–Trinajstić information content (AvgIpc) is 2.94. The smallest absolute Gasteiger partial charge is 0.176 e. The summed E-state index contributed by atoms with van der Waals surface area (Å²) in [6.45, 7) is 4.98. The number of halogens is 1. The standard InChI is InChI=1S/C19H23FN6/c1-13-9-14(2)26(24-13)19-8-7-18(22-23-19)21-11-15-5-6-16(12-25(3)4)17(20)10-15/h5-10H,11-12H2,1-4H3,(H,21,22). The van der Waals surface area contributed by atoms with Crippen LogP contribution in [0.2, 0.25) is 0 Å². The maximum absolute atomic E-state index is 14.1. The van der Waals surface area contributed by atoms with Gasteiger partial charge in [0.15, 0.2) is 5.82 Å². The normalized spacial score (nSPS) is 11.2. The first-order chi connectivity index (χ1) is 12.4. The number of hydrogen-bond donors (Lipinski definition) is 1. The van der Waals surface area contributed by atoms with Crippen LogP contribution >= 0.6 is 0 Å². The van der Waals surface area contributed by atoms with Gasteiger partial charge in [-0.3, -0.25) is 0 Å². The Kier molecular flexibility index (Phi) is 5.27. The van der Waals surface area contributed by atoms with Gasteiger partial charge in [0, 0.05) is 24.3 Å². The predicted octanol–water partition coefficient (Wildman–Crippen LogP) is 3.09. The molecule has 0 aliphatic rings. The minimum atomic E-state index is -0.191. The third-order valence-electron chi connectivity index (χ3n) is 3.95. The van der Waals surface area contributed by atoms with Crippen molar-refractivity contribution in [2.24, 2.45) is 0 Å². The van der Waals surface area contributed by atoms with Gasteiger partial charge in [0.25, 0.3) is 0 Å². The molecular formula is C19H23FN6. The van der Waals surface area contributed by atoms with Crippen molar-refractivity contribution < 1.29 is 4.39 Å². The Morgan fingerprint density at radius 2 is 1.88 bits per heavy atom. The zero-order valence-corrected chi connectivity index (χ0v) is 15.5. The molecule has 7 heteroatoms. The first kappa shape index (κ1) is 18.0. The summed E-state index contributed by atoms with van der Waals surface area (Å²) in [5.74, 6) is 1.11. The monoisotopic (exact) mass is 354 g/mol. The van der Waals surface area contributed by atoms with Gasteiger partial charge in [0.05, 0.1) is 5.69 Å². The van der Waals surface area contributed by atoms with Crippen molar-refractivity contribution >= 4 is 5.82 Å². The van der Waals surface area contributed by atoms with Crippen LogP contribution in [0.1, 0.15) is 22.5 Å². The van der Waals surface area contributed by atoms with Gasteiger partial charge in [-0.15, -0.1) is 10.2 Å². The molecule has 2 aromatic heterocycles. The summed E-state index contributed by atoms with van der Waals surface area (Å²) in [5.41, 5.74) is 3.49. The van der Waals surface area contributed by atoms with Crippen LogP contribution in [-0.2, 0) is 13.1 Å². The fourth-order valence-electron chi connectivity index (χ4n) is 2.76. The zero-order valence-electron chi connectivity index (χ0n) is 15.5. The van der Waals surface area contributed by atoms with Crippen molar-refractivity contribution in [2.45, 2.75) is 26.9 Å². The molecule has 3 rings (SSSR count). The molecule has 0 bridgehead atoms. The van der Waals surface area contributed by atoms with E-state index in [1.807, 2.05) is 63.2 Å². The van der Waals surface area contributed by atoms with E-state index in [0.717, 1.165) is 17.0 Å².